The van der Waals surface area contributed by atoms with Crippen molar-refractivity contribution in [1.29, 1.82) is 0 Å². The van der Waals surface area contributed by atoms with Gasteiger partial charge in [0.15, 0.2) is 0 Å². The molecule has 1 aromatic rings. The number of carbonyl (C=O) groups is 3. The number of benzene rings is 1. The molecule has 0 aliphatic rings. The Hall–Kier alpha value is -2.79. The van der Waals surface area contributed by atoms with Crippen molar-refractivity contribution in [2.45, 2.75) is 12.4 Å². The highest BCUT2D eigenvalue weighted by atomic mass is 19.4. The number of carboxylic acids is 1. The minimum Gasteiger partial charge on any atom is -0.478 e. The molecule has 0 atom stereocenters. The van der Waals surface area contributed by atoms with E-state index in [-0.39, 0.29) is 0 Å². The number of amides is 2. The fourth-order valence-corrected chi connectivity index (χ4v) is 1.28. The first-order chi connectivity index (χ1) is 10.3. The number of rotatable bonds is 3. The van der Waals surface area contributed by atoms with Crippen molar-refractivity contribution in [2.75, 3.05) is 10.6 Å². The molecule has 126 valence electrons. The van der Waals surface area contributed by atoms with Crippen LogP contribution in [0.15, 0.2) is 18.2 Å². The Morgan fingerprint density at radius 3 is 1.65 bits per heavy atom. The molecular weight excluding hydrogens is 338 g/mol. The maximum absolute atomic E-state index is 12.2. The van der Waals surface area contributed by atoms with E-state index in [9.17, 15) is 40.7 Å². The highest BCUT2D eigenvalue weighted by Gasteiger charge is 2.41. The van der Waals surface area contributed by atoms with Gasteiger partial charge >= 0.3 is 30.1 Å². The molecule has 2 amide bonds. The summed E-state index contributed by atoms with van der Waals surface area (Å²) in [5.74, 6) is -6.67. The van der Waals surface area contributed by atoms with Crippen LogP contribution < -0.4 is 10.6 Å². The maximum atomic E-state index is 12.2. The molecule has 0 saturated heterocycles. The van der Waals surface area contributed by atoms with Crippen LogP contribution in [0, 0.1) is 0 Å². The normalized spacial score (nSPS) is 11.7. The van der Waals surface area contributed by atoms with Gasteiger partial charge in [-0.25, -0.2) is 4.79 Å². The van der Waals surface area contributed by atoms with Crippen molar-refractivity contribution in [2.24, 2.45) is 0 Å². The van der Waals surface area contributed by atoms with Crippen LogP contribution in [0.5, 0.6) is 0 Å². The van der Waals surface area contributed by atoms with Crippen molar-refractivity contribution < 1.29 is 45.8 Å². The molecule has 0 heterocycles. The van der Waals surface area contributed by atoms with Crippen molar-refractivity contribution in [1.82, 2.24) is 0 Å². The number of hydrogen-bond donors (Lipinski definition) is 3. The molecule has 0 unspecified atom stereocenters. The van der Waals surface area contributed by atoms with Crippen molar-refractivity contribution in [3.63, 3.8) is 0 Å². The summed E-state index contributed by atoms with van der Waals surface area (Å²) in [6.45, 7) is 0. The summed E-state index contributed by atoms with van der Waals surface area (Å²) in [6, 6.07) is 1.81. The van der Waals surface area contributed by atoms with E-state index in [2.05, 4.69) is 0 Å². The van der Waals surface area contributed by atoms with Crippen molar-refractivity contribution in [3.05, 3.63) is 23.8 Å². The van der Waals surface area contributed by atoms with E-state index in [0.717, 1.165) is 6.07 Å². The zero-order chi connectivity index (χ0) is 18.0. The second-order valence-corrected chi connectivity index (χ2v) is 3.97. The number of carboxylic acid groups (broad SMARTS) is 1. The Labute approximate surface area is 123 Å². The van der Waals surface area contributed by atoms with Crippen molar-refractivity contribution in [3.8, 4) is 0 Å². The Morgan fingerprint density at radius 1 is 0.826 bits per heavy atom. The topological polar surface area (TPSA) is 95.5 Å². The van der Waals surface area contributed by atoms with Crippen LogP contribution in [0.2, 0.25) is 0 Å². The predicted molar refractivity (Wildman–Crippen MR) is 62.8 cm³/mol. The summed E-state index contributed by atoms with van der Waals surface area (Å²) in [5, 5.41) is 11.1. The van der Waals surface area contributed by atoms with E-state index in [0.29, 0.717) is 12.1 Å². The number of hydrogen-bond acceptors (Lipinski definition) is 3. The molecule has 3 N–H and O–H groups in total. The molecule has 0 aliphatic carbocycles. The quantitative estimate of drug-likeness (QED) is 0.734. The Kier molecular flexibility index (Phi) is 4.87. The van der Waals surface area contributed by atoms with Crippen LogP contribution in [0.3, 0.4) is 0 Å². The fraction of sp³-hybridized carbons (Fsp3) is 0.182. The third-order valence-electron chi connectivity index (χ3n) is 2.28. The Morgan fingerprint density at radius 2 is 1.26 bits per heavy atom. The lowest BCUT2D eigenvalue weighted by atomic mass is 10.1. The smallest absolute Gasteiger partial charge is 0.471 e. The van der Waals surface area contributed by atoms with Gasteiger partial charge < -0.3 is 15.7 Å². The summed E-state index contributed by atoms with van der Waals surface area (Å²) in [6.07, 6.45) is -10.7. The molecule has 0 radical (unpaired) electrons. The van der Waals surface area contributed by atoms with Gasteiger partial charge in [-0.1, -0.05) is 0 Å². The van der Waals surface area contributed by atoms with Crippen LogP contribution in [0.1, 0.15) is 10.4 Å². The Bertz CT molecular complexity index is 653. The average Bonchev–Trinajstić information content (AvgIpc) is 2.37. The first-order valence-corrected chi connectivity index (χ1v) is 5.46. The first kappa shape index (κ1) is 18.3. The average molecular weight is 344 g/mol. The number of anilines is 2. The van der Waals surface area contributed by atoms with Gasteiger partial charge in [0.2, 0.25) is 0 Å². The van der Waals surface area contributed by atoms with E-state index in [1.807, 2.05) is 0 Å². The largest absolute Gasteiger partial charge is 0.478 e. The van der Waals surface area contributed by atoms with E-state index in [1.54, 1.807) is 0 Å². The molecule has 0 spiro atoms. The van der Waals surface area contributed by atoms with Crippen LogP contribution in [0.4, 0.5) is 37.7 Å². The minimum atomic E-state index is -5.37. The van der Waals surface area contributed by atoms with Gasteiger partial charge in [-0.3, -0.25) is 9.59 Å². The fourth-order valence-electron chi connectivity index (χ4n) is 1.28. The molecule has 0 aliphatic heterocycles. The summed E-state index contributed by atoms with van der Waals surface area (Å²) < 4.78 is 73.0. The highest BCUT2D eigenvalue weighted by molar-refractivity contribution is 6.04. The lowest BCUT2D eigenvalue weighted by Crippen LogP contribution is -2.32. The van der Waals surface area contributed by atoms with E-state index in [1.165, 1.54) is 10.6 Å². The number of nitrogens with one attached hydrogen (secondary N) is 2. The monoisotopic (exact) mass is 344 g/mol. The molecule has 23 heavy (non-hydrogen) atoms. The van der Waals surface area contributed by atoms with Crippen LogP contribution in [-0.4, -0.2) is 35.2 Å². The van der Waals surface area contributed by atoms with E-state index < -0.39 is 47.1 Å². The molecule has 12 heteroatoms. The molecule has 1 aromatic carbocycles. The number of halogens is 6. The zero-order valence-corrected chi connectivity index (χ0v) is 10.7. The molecule has 0 aromatic heterocycles. The van der Waals surface area contributed by atoms with Gasteiger partial charge in [0.05, 0.1) is 16.9 Å². The zero-order valence-electron chi connectivity index (χ0n) is 10.7. The first-order valence-electron chi connectivity index (χ1n) is 5.46. The number of aromatic carboxylic acids is 1. The molecule has 0 fully saturated rings. The number of alkyl halides is 6. The Balaban J connectivity index is 3.22. The van der Waals surface area contributed by atoms with Gasteiger partial charge in [-0.05, 0) is 18.2 Å². The van der Waals surface area contributed by atoms with Crippen molar-refractivity contribution >= 4 is 29.2 Å². The number of carbonyl (C=O) groups excluding carboxylic acids is 2. The molecule has 6 nitrogen and oxygen atoms in total. The summed E-state index contributed by atoms with van der Waals surface area (Å²) in [5.41, 5.74) is -2.42. The summed E-state index contributed by atoms with van der Waals surface area (Å²) in [7, 11) is 0. The van der Waals surface area contributed by atoms with Crippen LogP contribution >= 0.6 is 0 Å². The molecule has 1 rings (SSSR count). The minimum absolute atomic E-state index is 0.470. The van der Waals surface area contributed by atoms with E-state index in [4.69, 9.17) is 5.11 Å². The molecular formula is C11H6F6N2O4. The lowest BCUT2D eigenvalue weighted by molar-refractivity contribution is -0.167. The lowest BCUT2D eigenvalue weighted by Gasteiger charge is -2.15. The van der Waals surface area contributed by atoms with Gasteiger partial charge in [-0.2, -0.15) is 26.3 Å². The van der Waals surface area contributed by atoms with Crippen LogP contribution in [0.25, 0.3) is 0 Å². The van der Waals surface area contributed by atoms with Gasteiger partial charge in [0, 0.05) is 0 Å². The molecule has 0 bridgehead atoms. The van der Waals surface area contributed by atoms with E-state index >= 15 is 0 Å². The third kappa shape index (κ3) is 4.86. The summed E-state index contributed by atoms with van der Waals surface area (Å²) in [4.78, 5) is 32.4. The highest BCUT2D eigenvalue weighted by Crippen LogP contribution is 2.28. The second kappa shape index (κ2) is 6.14. The van der Waals surface area contributed by atoms with Gasteiger partial charge in [0.1, 0.15) is 0 Å². The SMILES string of the molecule is O=C(O)c1ccc(NC(=O)C(F)(F)F)c(NC(=O)C(F)(F)F)c1. The standard InChI is InChI=1S/C11H6F6N2O4/c12-10(13,14)8(22)18-5-2-1-4(7(20)21)3-6(5)19-9(23)11(15,16)17/h1-3H,(H,18,22)(H,19,23)(H,20,21). The predicted octanol–water partition coefficient (Wildman–Crippen LogP) is 2.39. The summed E-state index contributed by atoms with van der Waals surface area (Å²) >= 11 is 0. The molecule has 0 saturated carbocycles. The van der Waals surface area contributed by atoms with Crippen LogP contribution in [-0.2, 0) is 9.59 Å². The van der Waals surface area contributed by atoms with Gasteiger partial charge in [-0.15, -0.1) is 0 Å². The maximum Gasteiger partial charge on any atom is 0.471 e. The second-order valence-electron chi connectivity index (χ2n) is 3.97. The third-order valence-corrected chi connectivity index (χ3v) is 2.28. The van der Waals surface area contributed by atoms with Gasteiger partial charge in [0.25, 0.3) is 0 Å².